The van der Waals surface area contributed by atoms with Gasteiger partial charge in [-0.3, -0.25) is 14.2 Å². The molecule has 0 aliphatic carbocycles. The number of carbonyl (C=O) groups excluding carboxylic acids is 1. The number of hydrogen-bond donors (Lipinski definition) is 0. The highest BCUT2D eigenvalue weighted by molar-refractivity contribution is 9.10. The Hall–Kier alpha value is -1.17. The molecule has 5 nitrogen and oxygen atoms in total. The summed E-state index contributed by atoms with van der Waals surface area (Å²) in [6.45, 7) is 1.74. The highest BCUT2D eigenvalue weighted by atomic mass is 79.9. The molecule has 0 aromatic carbocycles. The van der Waals surface area contributed by atoms with E-state index < -0.39 is 0 Å². The maximum atomic E-state index is 11.7. The molecule has 0 aliphatic rings. The van der Waals surface area contributed by atoms with Crippen molar-refractivity contribution in [3.8, 4) is 0 Å². The molecule has 6 heteroatoms. The Kier molecular flexibility index (Phi) is 3.62. The van der Waals surface area contributed by atoms with Crippen LogP contribution in [0.4, 0.5) is 0 Å². The molecule has 1 rings (SSSR count). The number of aromatic nitrogens is 2. The third kappa shape index (κ3) is 2.65. The van der Waals surface area contributed by atoms with Crippen LogP contribution in [0.15, 0.2) is 15.6 Å². The molecular formula is C9H12BrN3O2. The van der Waals surface area contributed by atoms with Crippen molar-refractivity contribution in [2.24, 2.45) is 0 Å². The topological polar surface area (TPSA) is 55.2 Å². The van der Waals surface area contributed by atoms with Gasteiger partial charge in [0, 0.05) is 14.1 Å². The van der Waals surface area contributed by atoms with E-state index in [-0.39, 0.29) is 18.0 Å². The minimum Gasteiger partial charge on any atom is -0.347 e. The summed E-state index contributed by atoms with van der Waals surface area (Å²) in [6, 6.07) is 0. The van der Waals surface area contributed by atoms with Crippen molar-refractivity contribution in [3.63, 3.8) is 0 Å². The number of likely N-dealkylation sites (N-methyl/N-ethyl adjacent to an activating group) is 1. The lowest BCUT2D eigenvalue weighted by atomic mass is 10.4. The predicted molar refractivity (Wildman–Crippen MR) is 59.6 cm³/mol. The molecule has 1 heterocycles. The molecule has 0 saturated heterocycles. The monoisotopic (exact) mass is 273 g/mol. The van der Waals surface area contributed by atoms with Crippen LogP contribution in [0, 0.1) is 6.92 Å². The molecule has 82 valence electrons. The van der Waals surface area contributed by atoms with Gasteiger partial charge in [0.05, 0.1) is 12.0 Å². The van der Waals surface area contributed by atoms with Crippen LogP contribution in [0.5, 0.6) is 0 Å². The number of halogens is 1. The zero-order valence-corrected chi connectivity index (χ0v) is 10.4. The second kappa shape index (κ2) is 4.57. The summed E-state index contributed by atoms with van der Waals surface area (Å²) in [5.74, 6) is -0.144. The third-order valence-corrected chi connectivity index (χ3v) is 2.87. The Morgan fingerprint density at radius 1 is 1.60 bits per heavy atom. The number of amides is 1. The lowest BCUT2D eigenvalue weighted by Gasteiger charge is -2.11. The van der Waals surface area contributed by atoms with Crippen LogP contribution >= 0.6 is 15.9 Å². The Morgan fingerprint density at radius 3 is 2.73 bits per heavy atom. The molecule has 0 saturated carbocycles. The standard InChI is InChI=1S/C9H12BrN3O2/c1-6-8(10)9(15)13(5-11-6)4-7(14)12(2)3/h5H,4H2,1-3H3. The fourth-order valence-corrected chi connectivity index (χ4v) is 1.28. The maximum absolute atomic E-state index is 11.7. The summed E-state index contributed by atoms with van der Waals surface area (Å²) in [4.78, 5) is 28.5. The van der Waals surface area contributed by atoms with E-state index in [1.54, 1.807) is 21.0 Å². The van der Waals surface area contributed by atoms with Gasteiger partial charge in [-0.15, -0.1) is 0 Å². The summed E-state index contributed by atoms with van der Waals surface area (Å²) in [7, 11) is 3.29. The fraction of sp³-hybridized carbons (Fsp3) is 0.444. The van der Waals surface area contributed by atoms with Gasteiger partial charge < -0.3 is 4.90 Å². The summed E-state index contributed by atoms with van der Waals surface area (Å²) < 4.78 is 1.68. The van der Waals surface area contributed by atoms with Crippen molar-refractivity contribution in [2.45, 2.75) is 13.5 Å². The van der Waals surface area contributed by atoms with Crippen molar-refractivity contribution in [2.75, 3.05) is 14.1 Å². The van der Waals surface area contributed by atoms with Crippen LogP contribution < -0.4 is 5.56 Å². The molecule has 1 aromatic heterocycles. The van der Waals surface area contributed by atoms with Gasteiger partial charge in [0.1, 0.15) is 11.0 Å². The van der Waals surface area contributed by atoms with Gasteiger partial charge in [-0.25, -0.2) is 4.98 Å². The van der Waals surface area contributed by atoms with Crippen LogP contribution in [-0.4, -0.2) is 34.5 Å². The first-order valence-electron chi connectivity index (χ1n) is 4.35. The van der Waals surface area contributed by atoms with Crippen molar-refractivity contribution in [1.29, 1.82) is 0 Å². The quantitative estimate of drug-likeness (QED) is 0.784. The lowest BCUT2D eigenvalue weighted by molar-refractivity contribution is -0.129. The van der Waals surface area contributed by atoms with E-state index in [2.05, 4.69) is 20.9 Å². The summed E-state index contributed by atoms with van der Waals surface area (Å²) in [5, 5.41) is 0. The van der Waals surface area contributed by atoms with Crippen LogP contribution in [0.1, 0.15) is 5.69 Å². The molecule has 0 aliphatic heterocycles. The molecule has 0 radical (unpaired) electrons. The van der Waals surface area contributed by atoms with Crippen LogP contribution in [0.25, 0.3) is 0 Å². The predicted octanol–water partition coefficient (Wildman–Crippen LogP) is 0.402. The second-order valence-electron chi connectivity index (χ2n) is 3.37. The molecular weight excluding hydrogens is 262 g/mol. The summed E-state index contributed by atoms with van der Waals surface area (Å²) >= 11 is 3.14. The average molecular weight is 274 g/mol. The van der Waals surface area contributed by atoms with E-state index in [0.29, 0.717) is 10.2 Å². The van der Waals surface area contributed by atoms with E-state index in [1.165, 1.54) is 15.8 Å². The van der Waals surface area contributed by atoms with Crippen molar-refractivity contribution in [1.82, 2.24) is 14.5 Å². The normalized spacial score (nSPS) is 10.1. The first-order valence-corrected chi connectivity index (χ1v) is 5.14. The second-order valence-corrected chi connectivity index (χ2v) is 4.16. The minimum atomic E-state index is -0.238. The van der Waals surface area contributed by atoms with Crippen LogP contribution in [0.2, 0.25) is 0 Å². The Morgan fingerprint density at radius 2 is 2.20 bits per heavy atom. The Labute approximate surface area is 95.9 Å². The average Bonchev–Trinajstić information content (AvgIpc) is 2.18. The minimum absolute atomic E-state index is 0.0116. The first kappa shape index (κ1) is 11.9. The number of aryl methyl sites for hydroxylation is 1. The lowest BCUT2D eigenvalue weighted by Crippen LogP contribution is -2.32. The third-order valence-electron chi connectivity index (χ3n) is 1.96. The van der Waals surface area contributed by atoms with E-state index in [1.807, 2.05) is 0 Å². The molecule has 0 atom stereocenters. The van der Waals surface area contributed by atoms with Gasteiger partial charge >= 0.3 is 0 Å². The van der Waals surface area contributed by atoms with Crippen molar-refractivity contribution in [3.05, 3.63) is 26.8 Å². The van der Waals surface area contributed by atoms with E-state index >= 15 is 0 Å². The largest absolute Gasteiger partial charge is 0.347 e. The zero-order valence-electron chi connectivity index (χ0n) is 8.82. The molecule has 1 amide bonds. The van der Waals surface area contributed by atoms with Gasteiger partial charge in [0.2, 0.25) is 5.91 Å². The highest BCUT2D eigenvalue weighted by Gasteiger charge is 2.09. The molecule has 0 N–H and O–H groups in total. The molecule has 0 unspecified atom stereocenters. The smallest absolute Gasteiger partial charge is 0.268 e. The van der Waals surface area contributed by atoms with Crippen molar-refractivity contribution < 1.29 is 4.79 Å². The van der Waals surface area contributed by atoms with Gasteiger partial charge in [0.25, 0.3) is 5.56 Å². The van der Waals surface area contributed by atoms with Crippen LogP contribution in [0.3, 0.4) is 0 Å². The number of rotatable bonds is 2. The molecule has 0 spiro atoms. The van der Waals surface area contributed by atoms with Gasteiger partial charge in [-0.2, -0.15) is 0 Å². The molecule has 0 bridgehead atoms. The number of hydrogen-bond acceptors (Lipinski definition) is 3. The molecule has 15 heavy (non-hydrogen) atoms. The number of carbonyl (C=O) groups is 1. The van der Waals surface area contributed by atoms with Gasteiger partial charge in [0.15, 0.2) is 0 Å². The molecule has 1 aromatic rings. The first-order chi connectivity index (χ1) is 6.93. The summed E-state index contributed by atoms with van der Waals surface area (Å²) in [5.41, 5.74) is 0.381. The van der Waals surface area contributed by atoms with E-state index in [9.17, 15) is 9.59 Å². The van der Waals surface area contributed by atoms with Crippen molar-refractivity contribution >= 4 is 21.8 Å². The summed E-state index contributed by atoms with van der Waals surface area (Å²) in [6.07, 6.45) is 1.38. The number of nitrogens with zero attached hydrogens (tertiary/aromatic N) is 3. The van der Waals surface area contributed by atoms with E-state index in [0.717, 1.165) is 0 Å². The van der Waals surface area contributed by atoms with Gasteiger partial charge in [-0.1, -0.05) is 0 Å². The Bertz CT molecular complexity index is 439. The van der Waals surface area contributed by atoms with Gasteiger partial charge in [-0.05, 0) is 22.9 Å². The van der Waals surface area contributed by atoms with Crippen LogP contribution in [-0.2, 0) is 11.3 Å². The Balaban J connectivity index is 3.03. The zero-order chi connectivity index (χ0) is 11.6. The van der Waals surface area contributed by atoms with E-state index in [4.69, 9.17) is 0 Å². The fourth-order valence-electron chi connectivity index (χ4n) is 0.946. The molecule has 0 fully saturated rings. The SMILES string of the molecule is Cc1ncn(CC(=O)N(C)C)c(=O)c1Br. The highest BCUT2D eigenvalue weighted by Crippen LogP contribution is 2.05. The maximum Gasteiger partial charge on any atom is 0.268 e.